The van der Waals surface area contributed by atoms with Crippen LogP contribution in [-0.4, -0.2) is 17.5 Å². The monoisotopic (exact) mass is 451 g/mol. The van der Waals surface area contributed by atoms with E-state index in [4.69, 9.17) is 4.42 Å². The minimum Gasteiger partial charge on any atom is -0.455 e. The number of benzene rings is 3. The van der Waals surface area contributed by atoms with Gasteiger partial charge in [0.05, 0.1) is 5.71 Å². The van der Waals surface area contributed by atoms with Gasteiger partial charge in [0.2, 0.25) is 0 Å². The molecule has 1 heterocycles. The summed E-state index contributed by atoms with van der Waals surface area (Å²) >= 11 is 0. The first-order valence-electron chi connectivity index (χ1n) is 11.4. The first kappa shape index (κ1) is 21.6. The van der Waals surface area contributed by atoms with Crippen LogP contribution in [0, 0.1) is 13.8 Å². The third-order valence-corrected chi connectivity index (χ3v) is 6.18. The standard InChI is InChI=1S/C28H25N3O3/c1-17-13-15-20(16-14-17)27(32)31-30-23-11-6-12-24-25(23)18(2)26(34-24)28(33)29-22-10-5-8-19-7-3-4-9-21(19)22/h3-5,7-10,13-16H,6,11-12H2,1-2H3,(H,29,33)(H,31,32)/b30-23+. The molecule has 6 nitrogen and oxygen atoms in total. The van der Waals surface area contributed by atoms with E-state index in [1.165, 1.54) is 0 Å². The molecule has 2 amide bonds. The van der Waals surface area contributed by atoms with Gasteiger partial charge in [-0.05, 0) is 50.3 Å². The second-order valence-electron chi connectivity index (χ2n) is 8.55. The number of carbonyl (C=O) groups is 2. The summed E-state index contributed by atoms with van der Waals surface area (Å²) in [6.07, 6.45) is 2.26. The second kappa shape index (κ2) is 8.98. The molecule has 34 heavy (non-hydrogen) atoms. The van der Waals surface area contributed by atoms with Crippen LogP contribution in [-0.2, 0) is 6.42 Å². The lowest BCUT2D eigenvalue weighted by molar-refractivity contribution is 0.0953. The van der Waals surface area contributed by atoms with E-state index >= 15 is 0 Å². The molecule has 2 N–H and O–H groups in total. The van der Waals surface area contributed by atoms with Crippen molar-refractivity contribution < 1.29 is 14.0 Å². The quantitative estimate of drug-likeness (QED) is 0.386. The fourth-order valence-electron chi connectivity index (χ4n) is 4.40. The Morgan fingerprint density at radius 1 is 0.882 bits per heavy atom. The highest BCUT2D eigenvalue weighted by Gasteiger charge is 2.28. The van der Waals surface area contributed by atoms with E-state index in [0.29, 0.717) is 12.0 Å². The summed E-state index contributed by atoms with van der Waals surface area (Å²) in [5, 5.41) is 9.42. The Morgan fingerprint density at radius 2 is 1.65 bits per heavy atom. The minimum absolute atomic E-state index is 0.269. The number of hydrazone groups is 1. The van der Waals surface area contributed by atoms with Crippen molar-refractivity contribution in [2.24, 2.45) is 5.10 Å². The van der Waals surface area contributed by atoms with E-state index in [-0.39, 0.29) is 17.6 Å². The molecule has 0 unspecified atom stereocenters. The summed E-state index contributed by atoms with van der Waals surface area (Å²) < 4.78 is 6.01. The molecule has 0 saturated carbocycles. The summed E-state index contributed by atoms with van der Waals surface area (Å²) in [6, 6.07) is 21.0. The molecule has 0 saturated heterocycles. The third-order valence-electron chi connectivity index (χ3n) is 6.18. The number of anilines is 1. The minimum atomic E-state index is -0.300. The largest absolute Gasteiger partial charge is 0.455 e. The highest BCUT2D eigenvalue weighted by atomic mass is 16.4. The van der Waals surface area contributed by atoms with Gasteiger partial charge in [-0.25, -0.2) is 5.43 Å². The summed E-state index contributed by atoms with van der Waals surface area (Å²) in [6.45, 7) is 3.84. The number of furan rings is 1. The second-order valence-corrected chi connectivity index (χ2v) is 8.55. The molecule has 0 aliphatic heterocycles. The first-order chi connectivity index (χ1) is 16.5. The van der Waals surface area contributed by atoms with Gasteiger partial charge in [0, 0.05) is 34.2 Å². The number of hydrogen-bond donors (Lipinski definition) is 2. The molecule has 170 valence electrons. The fourth-order valence-corrected chi connectivity index (χ4v) is 4.40. The molecule has 3 aromatic carbocycles. The van der Waals surface area contributed by atoms with Crippen LogP contribution in [0.3, 0.4) is 0 Å². The summed E-state index contributed by atoms with van der Waals surface area (Å²) in [4.78, 5) is 25.7. The van der Waals surface area contributed by atoms with Crippen molar-refractivity contribution >= 4 is 34.0 Å². The van der Waals surface area contributed by atoms with Gasteiger partial charge in [-0.3, -0.25) is 9.59 Å². The first-order valence-corrected chi connectivity index (χ1v) is 11.4. The van der Waals surface area contributed by atoms with E-state index in [0.717, 1.165) is 57.5 Å². The Hall–Kier alpha value is -4.19. The van der Waals surface area contributed by atoms with Crippen molar-refractivity contribution in [2.75, 3.05) is 5.32 Å². The smallest absolute Gasteiger partial charge is 0.291 e. The highest BCUT2D eigenvalue weighted by Crippen LogP contribution is 2.31. The van der Waals surface area contributed by atoms with Crippen molar-refractivity contribution in [3.63, 3.8) is 0 Å². The van der Waals surface area contributed by atoms with E-state index in [1.54, 1.807) is 12.1 Å². The fraction of sp³-hybridized carbons (Fsp3) is 0.179. The lowest BCUT2D eigenvalue weighted by atomic mass is 9.93. The zero-order valence-corrected chi connectivity index (χ0v) is 19.1. The van der Waals surface area contributed by atoms with Crippen molar-refractivity contribution in [2.45, 2.75) is 33.1 Å². The van der Waals surface area contributed by atoms with Gasteiger partial charge in [0.15, 0.2) is 5.76 Å². The number of rotatable bonds is 4. The molecular weight excluding hydrogens is 426 g/mol. The number of nitrogens with one attached hydrogen (secondary N) is 2. The maximum absolute atomic E-state index is 13.2. The van der Waals surface area contributed by atoms with Gasteiger partial charge in [-0.15, -0.1) is 0 Å². The Kier molecular flexibility index (Phi) is 5.72. The van der Waals surface area contributed by atoms with E-state index in [9.17, 15) is 9.59 Å². The Morgan fingerprint density at radius 3 is 2.47 bits per heavy atom. The molecule has 0 fully saturated rings. The normalized spacial score (nSPS) is 14.1. The van der Waals surface area contributed by atoms with E-state index in [1.807, 2.05) is 68.4 Å². The number of hydrogen-bond acceptors (Lipinski definition) is 4. The van der Waals surface area contributed by atoms with Crippen LogP contribution in [0.2, 0.25) is 0 Å². The SMILES string of the molecule is Cc1ccc(C(=O)N/N=C2\CCCc3oc(C(=O)Nc4cccc5ccccc45)c(C)c32)cc1. The van der Waals surface area contributed by atoms with Gasteiger partial charge in [0.25, 0.3) is 11.8 Å². The van der Waals surface area contributed by atoms with E-state index < -0.39 is 0 Å². The van der Waals surface area contributed by atoms with Gasteiger partial charge in [-0.2, -0.15) is 5.10 Å². The highest BCUT2D eigenvalue weighted by molar-refractivity contribution is 6.11. The van der Waals surface area contributed by atoms with Crippen molar-refractivity contribution in [3.8, 4) is 0 Å². The average Bonchev–Trinajstić information content (AvgIpc) is 3.20. The zero-order chi connectivity index (χ0) is 23.7. The van der Waals surface area contributed by atoms with Crippen LogP contribution in [0.25, 0.3) is 10.8 Å². The topological polar surface area (TPSA) is 83.7 Å². The Balaban J connectivity index is 1.40. The molecule has 4 aromatic rings. The van der Waals surface area contributed by atoms with Gasteiger partial charge in [-0.1, -0.05) is 54.1 Å². The maximum Gasteiger partial charge on any atom is 0.291 e. The van der Waals surface area contributed by atoms with Crippen LogP contribution < -0.4 is 10.7 Å². The summed E-state index contributed by atoms with van der Waals surface area (Å²) in [5.74, 6) is 0.438. The predicted octanol–water partition coefficient (Wildman–Crippen LogP) is 5.77. The lowest BCUT2D eigenvalue weighted by Crippen LogP contribution is -2.22. The molecule has 0 spiro atoms. The molecule has 1 aliphatic rings. The molecular formula is C28H25N3O3. The number of amides is 2. The Bertz CT molecular complexity index is 1430. The molecule has 1 aromatic heterocycles. The van der Waals surface area contributed by atoms with Crippen molar-refractivity contribution in [3.05, 3.63) is 101 Å². The number of aryl methyl sites for hydroxylation is 2. The van der Waals surface area contributed by atoms with Crippen LogP contribution in [0.5, 0.6) is 0 Å². The summed E-state index contributed by atoms with van der Waals surface area (Å²) in [7, 11) is 0. The van der Waals surface area contributed by atoms with E-state index in [2.05, 4.69) is 15.8 Å². The van der Waals surface area contributed by atoms with Crippen molar-refractivity contribution in [1.82, 2.24) is 5.43 Å². The van der Waals surface area contributed by atoms with Crippen molar-refractivity contribution in [1.29, 1.82) is 0 Å². The predicted molar refractivity (Wildman–Crippen MR) is 133 cm³/mol. The average molecular weight is 452 g/mol. The zero-order valence-electron chi connectivity index (χ0n) is 19.1. The van der Waals surface area contributed by atoms with Crippen LogP contribution in [0.4, 0.5) is 5.69 Å². The number of carbonyl (C=O) groups excluding carboxylic acids is 2. The maximum atomic E-state index is 13.2. The molecule has 0 bridgehead atoms. The molecule has 1 aliphatic carbocycles. The Labute approximate surface area is 197 Å². The number of nitrogens with zero attached hydrogens (tertiary/aromatic N) is 1. The van der Waals surface area contributed by atoms with Crippen LogP contribution in [0.15, 0.2) is 76.2 Å². The van der Waals surface area contributed by atoms with Crippen LogP contribution in [0.1, 0.15) is 56.2 Å². The molecule has 6 heteroatoms. The third kappa shape index (κ3) is 4.10. The molecule has 0 atom stereocenters. The molecule has 5 rings (SSSR count). The molecule has 0 radical (unpaired) electrons. The lowest BCUT2D eigenvalue weighted by Gasteiger charge is -2.13. The van der Waals surface area contributed by atoms with Crippen LogP contribution >= 0.6 is 0 Å². The van der Waals surface area contributed by atoms with Gasteiger partial charge < -0.3 is 9.73 Å². The van der Waals surface area contributed by atoms with Gasteiger partial charge >= 0.3 is 0 Å². The number of fused-ring (bicyclic) bond motifs is 2. The van der Waals surface area contributed by atoms with Gasteiger partial charge in [0.1, 0.15) is 5.76 Å². The summed E-state index contributed by atoms with van der Waals surface area (Å²) in [5.41, 5.74) is 7.31.